The number of hydrogen-bond acceptors (Lipinski definition) is 4. The van der Waals surface area contributed by atoms with Gasteiger partial charge in [0.05, 0.1) is 5.25 Å². The van der Waals surface area contributed by atoms with Gasteiger partial charge in [0.15, 0.2) is 12.4 Å². The van der Waals surface area contributed by atoms with Crippen LogP contribution in [0.2, 0.25) is 0 Å². The summed E-state index contributed by atoms with van der Waals surface area (Å²) in [4.78, 5) is 13.0. The number of aromatic nitrogens is 1. The highest BCUT2D eigenvalue weighted by atomic mass is 32.2. The Balaban J connectivity index is 1.64. The SMILES string of the molecule is CCN1/C(=C/C=C/c2cc[n+](CCCCCC(=O)O)cc2)C(C)(C)C2CC(S(=O)(=O)O)CCC21. The fourth-order valence-corrected chi connectivity index (χ4v) is 6.60. The van der Waals surface area contributed by atoms with Gasteiger partial charge in [-0.1, -0.05) is 26.0 Å². The van der Waals surface area contributed by atoms with Crippen molar-refractivity contribution >= 4 is 22.2 Å². The molecular formula is C26H39N2O5S+. The number of carbonyl (C=O) groups is 1. The number of nitrogens with zero attached hydrogens (tertiary/aromatic N) is 2. The van der Waals surface area contributed by atoms with Gasteiger partial charge >= 0.3 is 5.97 Å². The normalized spacial score (nSPS) is 25.7. The average molecular weight is 492 g/mol. The van der Waals surface area contributed by atoms with Crippen molar-refractivity contribution in [2.75, 3.05) is 6.54 Å². The van der Waals surface area contributed by atoms with E-state index in [1.807, 2.05) is 12.4 Å². The minimum absolute atomic E-state index is 0.172. The predicted molar refractivity (Wildman–Crippen MR) is 132 cm³/mol. The first kappa shape index (κ1) is 26.4. The first-order valence-electron chi connectivity index (χ1n) is 12.4. The van der Waals surface area contributed by atoms with Gasteiger partial charge in [-0.2, -0.15) is 8.42 Å². The van der Waals surface area contributed by atoms with E-state index in [4.69, 9.17) is 5.11 Å². The standard InChI is InChI=1S/C26H38N2O5S/c1-4-28-23-13-12-21(34(31,32)33)19-22(23)26(2,3)24(28)10-8-9-20-14-17-27(18-15-20)16-7-5-6-11-25(29)30/h8-10,14-15,17-18,21-23H,4-7,11-13,16,19H2,1-3H3,(H-,29,30,31,32,33)/p+1. The maximum Gasteiger partial charge on any atom is 0.303 e. The Morgan fingerprint density at radius 3 is 2.53 bits per heavy atom. The lowest BCUT2D eigenvalue weighted by molar-refractivity contribution is -0.697. The summed E-state index contributed by atoms with van der Waals surface area (Å²) in [5.41, 5.74) is 2.15. The van der Waals surface area contributed by atoms with Crippen LogP contribution in [0.5, 0.6) is 0 Å². The fourth-order valence-electron chi connectivity index (χ4n) is 5.72. The highest BCUT2D eigenvalue weighted by Crippen LogP contribution is 2.53. The van der Waals surface area contributed by atoms with Crippen molar-refractivity contribution in [2.45, 2.75) is 83.6 Å². The van der Waals surface area contributed by atoms with Crippen LogP contribution in [0, 0.1) is 11.3 Å². The van der Waals surface area contributed by atoms with E-state index in [1.54, 1.807) is 0 Å². The van der Waals surface area contributed by atoms with Gasteiger partial charge in [0, 0.05) is 48.7 Å². The molecule has 2 fully saturated rings. The van der Waals surface area contributed by atoms with Gasteiger partial charge in [-0.05, 0) is 56.6 Å². The van der Waals surface area contributed by atoms with E-state index in [0.29, 0.717) is 25.3 Å². The number of carboxylic acids is 1. The molecule has 3 atom stereocenters. The number of likely N-dealkylation sites (tertiary alicyclic amines) is 1. The molecule has 7 nitrogen and oxygen atoms in total. The molecule has 1 aromatic heterocycles. The number of pyridine rings is 1. The molecule has 2 heterocycles. The zero-order valence-corrected chi connectivity index (χ0v) is 21.4. The fraction of sp³-hybridized carbons (Fsp3) is 0.615. The number of fused-ring (bicyclic) bond motifs is 1. The molecule has 1 aliphatic heterocycles. The zero-order chi connectivity index (χ0) is 24.9. The second-order valence-corrected chi connectivity index (χ2v) is 11.8. The quantitative estimate of drug-likeness (QED) is 0.288. The van der Waals surface area contributed by atoms with Crippen molar-refractivity contribution < 1.29 is 27.4 Å². The van der Waals surface area contributed by atoms with Crippen molar-refractivity contribution in [1.82, 2.24) is 4.90 Å². The van der Waals surface area contributed by atoms with E-state index < -0.39 is 21.3 Å². The van der Waals surface area contributed by atoms with Crippen LogP contribution in [-0.2, 0) is 21.5 Å². The van der Waals surface area contributed by atoms with Crippen LogP contribution in [0.1, 0.15) is 71.3 Å². The van der Waals surface area contributed by atoms with Crippen molar-refractivity contribution in [2.24, 2.45) is 11.3 Å². The largest absolute Gasteiger partial charge is 0.481 e. The van der Waals surface area contributed by atoms with Crippen molar-refractivity contribution in [3.05, 3.63) is 47.9 Å². The summed E-state index contributed by atoms with van der Waals surface area (Å²) in [6, 6.07) is 4.45. The molecule has 1 aliphatic carbocycles. The summed E-state index contributed by atoms with van der Waals surface area (Å²) in [7, 11) is -4.00. The highest BCUT2D eigenvalue weighted by molar-refractivity contribution is 7.86. The van der Waals surface area contributed by atoms with E-state index in [9.17, 15) is 17.8 Å². The highest BCUT2D eigenvalue weighted by Gasteiger charge is 2.53. The predicted octanol–water partition coefficient (Wildman–Crippen LogP) is 4.30. The molecule has 3 rings (SSSR count). The molecule has 34 heavy (non-hydrogen) atoms. The van der Waals surface area contributed by atoms with Crippen LogP contribution in [0.15, 0.2) is 42.4 Å². The second-order valence-electron chi connectivity index (χ2n) is 10.1. The molecule has 1 saturated heterocycles. The monoisotopic (exact) mass is 491 g/mol. The first-order chi connectivity index (χ1) is 16.0. The van der Waals surface area contributed by atoms with Gasteiger partial charge in [0.25, 0.3) is 10.1 Å². The maximum atomic E-state index is 11.8. The number of allylic oxidation sites excluding steroid dienone is 3. The average Bonchev–Trinajstić information content (AvgIpc) is 2.99. The van der Waals surface area contributed by atoms with Crippen LogP contribution in [0.4, 0.5) is 0 Å². The Labute approximate surface area is 203 Å². The lowest BCUT2D eigenvalue weighted by atomic mass is 9.71. The third-order valence-corrected chi connectivity index (χ3v) is 8.86. The Hall–Kier alpha value is -2.19. The Morgan fingerprint density at radius 1 is 1.21 bits per heavy atom. The molecule has 188 valence electrons. The van der Waals surface area contributed by atoms with Crippen LogP contribution in [-0.4, -0.2) is 46.8 Å². The number of hydrogen-bond donors (Lipinski definition) is 2. The van der Waals surface area contributed by atoms with Gasteiger partial charge in [0.2, 0.25) is 0 Å². The first-order valence-corrected chi connectivity index (χ1v) is 13.9. The Bertz CT molecular complexity index is 1010. The van der Waals surface area contributed by atoms with E-state index >= 15 is 0 Å². The third-order valence-electron chi connectivity index (χ3n) is 7.59. The number of aliphatic carboxylic acids is 1. The summed E-state index contributed by atoms with van der Waals surface area (Å²) in [6.45, 7) is 8.27. The lowest BCUT2D eigenvalue weighted by Gasteiger charge is -2.37. The summed E-state index contributed by atoms with van der Waals surface area (Å²) in [5.74, 6) is -0.540. The van der Waals surface area contributed by atoms with Gasteiger partial charge in [0.1, 0.15) is 6.54 Å². The minimum atomic E-state index is -4.00. The molecule has 1 saturated carbocycles. The molecule has 0 amide bonds. The summed E-state index contributed by atoms with van der Waals surface area (Å²) in [6.07, 6.45) is 15.0. The van der Waals surface area contributed by atoms with Crippen molar-refractivity contribution in [3.8, 4) is 0 Å². The zero-order valence-electron chi connectivity index (χ0n) is 20.6. The summed E-state index contributed by atoms with van der Waals surface area (Å²) in [5, 5.41) is 8.04. The van der Waals surface area contributed by atoms with Crippen molar-refractivity contribution in [1.29, 1.82) is 0 Å². The molecule has 2 N–H and O–H groups in total. The molecule has 0 aromatic carbocycles. The van der Waals surface area contributed by atoms with Crippen LogP contribution >= 0.6 is 0 Å². The van der Waals surface area contributed by atoms with Crippen molar-refractivity contribution in [3.63, 3.8) is 0 Å². The van der Waals surface area contributed by atoms with E-state index in [1.165, 1.54) is 5.70 Å². The van der Waals surface area contributed by atoms with Crippen LogP contribution < -0.4 is 4.57 Å². The third kappa shape index (κ3) is 6.27. The molecule has 0 spiro atoms. The molecule has 8 heteroatoms. The molecular weight excluding hydrogens is 452 g/mol. The molecule has 2 aliphatic rings. The van der Waals surface area contributed by atoms with Crippen LogP contribution in [0.25, 0.3) is 6.08 Å². The smallest absolute Gasteiger partial charge is 0.303 e. The molecule has 1 aromatic rings. The number of carboxylic acid groups (broad SMARTS) is 1. The molecule has 0 bridgehead atoms. The molecule has 0 radical (unpaired) electrons. The molecule has 3 unspecified atom stereocenters. The lowest BCUT2D eigenvalue weighted by Crippen LogP contribution is -2.41. The Kier molecular flexibility index (Phi) is 8.57. The maximum absolute atomic E-state index is 11.8. The number of unbranched alkanes of at least 4 members (excludes halogenated alkanes) is 2. The number of aryl methyl sites for hydroxylation is 1. The number of rotatable bonds is 10. The topological polar surface area (TPSA) is 98.8 Å². The Morgan fingerprint density at radius 2 is 1.91 bits per heavy atom. The van der Waals surface area contributed by atoms with Gasteiger partial charge in [-0.25, -0.2) is 4.57 Å². The van der Waals surface area contributed by atoms with E-state index in [-0.39, 0.29) is 17.8 Å². The van der Waals surface area contributed by atoms with Gasteiger partial charge in [-0.15, -0.1) is 0 Å². The minimum Gasteiger partial charge on any atom is -0.481 e. The van der Waals surface area contributed by atoms with E-state index in [0.717, 1.165) is 37.9 Å². The summed E-state index contributed by atoms with van der Waals surface area (Å²) >= 11 is 0. The van der Waals surface area contributed by atoms with E-state index in [2.05, 4.69) is 60.6 Å². The van der Waals surface area contributed by atoms with Crippen LogP contribution in [0.3, 0.4) is 0 Å². The second kappa shape index (κ2) is 11.0. The van der Waals surface area contributed by atoms with Gasteiger partial charge in [-0.3, -0.25) is 9.35 Å². The summed E-state index contributed by atoms with van der Waals surface area (Å²) < 4.78 is 35.3. The van der Waals surface area contributed by atoms with Gasteiger partial charge < -0.3 is 10.0 Å².